The molecule has 3 saturated heterocycles. The Bertz CT molecular complexity index is 2470. The van der Waals surface area contributed by atoms with Gasteiger partial charge in [0.25, 0.3) is 0 Å². The standard InChI is InChI=1S/C14H17N5O.C12H13N5O3.C12H12N4O3/c1-4-14(5-2)9(3)6-10(20-14)19-8-18-11-12(15)16-7-17-13(11)19;1-2-12(4-18)7(19)3-8(20-12)17-6-16-9-10(13)14-5-15-11(9)17;1-2-12(5-17)9(18)3-10(19-12)16-7-15-8-4-13-6-14-11(8)16/h1,7-10H,5-6H2,2-3H3,(H2,15,16,17);1,5-8,18-19H,3-4H2,(H2,13,14,15);1,4,6-7,9-10,17-18H,3,5H2/t9?,10-,14-;7?,8-,12-;9?,10-,12-/m111/s1. The normalized spacial score (nSPS) is 29.9. The van der Waals surface area contributed by atoms with Gasteiger partial charge in [-0.15, -0.1) is 19.3 Å². The molecule has 8 N–H and O–H groups in total. The van der Waals surface area contributed by atoms with Gasteiger partial charge in [-0.3, -0.25) is 13.7 Å². The average molecular weight is 807 g/mol. The zero-order valence-corrected chi connectivity index (χ0v) is 32.0. The number of imidazole rings is 3. The summed E-state index contributed by atoms with van der Waals surface area (Å²) >= 11 is 0. The van der Waals surface area contributed by atoms with Gasteiger partial charge >= 0.3 is 0 Å². The second kappa shape index (κ2) is 16.1. The first kappa shape index (κ1) is 40.8. The van der Waals surface area contributed by atoms with E-state index in [-0.39, 0.29) is 30.8 Å². The number of fused-ring (bicyclic) bond motifs is 3. The summed E-state index contributed by atoms with van der Waals surface area (Å²) < 4.78 is 22.6. The molecule has 9 rings (SSSR count). The van der Waals surface area contributed by atoms with Gasteiger partial charge in [-0.05, 0) is 12.8 Å². The Morgan fingerprint density at radius 2 is 1.10 bits per heavy atom. The van der Waals surface area contributed by atoms with E-state index in [1.165, 1.54) is 25.3 Å². The molecule has 21 heteroatoms. The molecule has 9 heterocycles. The number of aromatic nitrogens is 12. The van der Waals surface area contributed by atoms with Gasteiger partial charge in [0, 0.05) is 18.8 Å². The van der Waals surface area contributed by atoms with Crippen LogP contribution >= 0.6 is 0 Å². The molecule has 0 bridgehead atoms. The maximum absolute atomic E-state index is 10.0. The quantitative estimate of drug-likeness (QED) is 0.123. The van der Waals surface area contributed by atoms with Crippen molar-refractivity contribution in [3.8, 4) is 37.0 Å². The van der Waals surface area contributed by atoms with Crippen LogP contribution in [0.4, 0.5) is 11.6 Å². The van der Waals surface area contributed by atoms with Gasteiger partial charge in [0.05, 0.1) is 38.4 Å². The van der Waals surface area contributed by atoms with Crippen LogP contribution in [0.5, 0.6) is 0 Å². The molecule has 59 heavy (non-hydrogen) atoms. The van der Waals surface area contributed by atoms with Crippen molar-refractivity contribution in [3.63, 3.8) is 0 Å². The minimum Gasteiger partial charge on any atom is -0.392 e. The number of anilines is 2. The van der Waals surface area contributed by atoms with Crippen LogP contribution in [0.25, 0.3) is 33.5 Å². The minimum absolute atomic E-state index is 0.166. The van der Waals surface area contributed by atoms with Gasteiger partial charge in [0.2, 0.25) is 0 Å². The number of nitrogens with two attached hydrogens (primary N) is 2. The number of aliphatic hydroxyl groups is 4. The highest BCUT2D eigenvalue weighted by Gasteiger charge is 2.49. The molecule has 3 fully saturated rings. The highest BCUT2D eigenvalue weighted by Crippen LogP contribution is 2.44. The second-order valence-electron chi connectivity index (χ2n) is 14.2. The Hall–Kier alpha value is -6.35. The Kier molecular flexibility index (Phi) is 11.2. The van der Waals surface area contributed by atoms with Crippen molar-refractivity contribution in [2.45, 2.75) is 87.2 Å². The first-order valence-electron chi connectivity index (χ1n) is 18.5. The zero-order valence-electron chi connectivity index (χ0n) is 32.0. The smallest absolute Gasteiger partial charge is 0.179 e. The maximum Gasteiger partial charge on any atom is 0.179 e. The van der Waals surface area contributed by atoms with Crippen LogP contribution in [0.1, 0.15) is 58.2 Å². The molecule has 3 aliphatic rings. The minimum atomic E-state index is -1.40. The van der Waals surface area contributed by atoms with Crippen molar-refractivity contribution in [1.82, 2.24) is 58.6 Å². The summed E-state index contributed by atoms with van der Waals surface area (Å²) in [5.41, 5.74) is 11.7. The molecule has 0 saturated carbocycles. The van der Waals surface area contributed by atoms with E-state index in [9.17, 15) is 20.4 Å². The highest BCUT2D eigenvalue weighted by atomic mass is 16.6. The van der Waals surface area contributed by atoms with Gasteiger partial charge in [0.1, 0.15) is 72.0 Å². The molecule has 9 atom stereocenters. The fourth-order valence-electron chi connectivity index (χ4n) is 7.42. The van der Waals surface area contributed by atoms with E-state index >= 15 is 0 Å². The van der Waals surface area contributed by atoms with E-state index in [2.05, 4.69) is 69.5 Å². The average Bonchev–Trinajstić information content (AvgIpc) is 4.11. The molecular formula is C38H42N14O7. The number of rotatable bonds is 6. The highest BCUT2D eigenvalue weighted by molar-refractivity contribution is 5.81. The Morgan fingerprint density at radius 1 is 0.661 bits per heavy atom. The molecule has 0 spiro atoms. The first-order valence-corrected chi connectivity index (χ1v) is 18.5. The number of nitrogens with zero attached hydrogens (tertiary/aromatic N) is 12. The number of ether oxygens (including phenoxy) is 3. The molecule has 306 valence electrons. The molecule has 0 radical (unpaired) electrons. The van der Waals surface area contributed by atoms with E-state index in [0.717, 1.165) is 12.8 Å². The van der Waals surface area contributed by atoms with Crippen LogP contribution in [0, 0.1) is 42.9 Å². The lowest BCUT2D eigenvalue weighted by Gasteiger charge is -2.25. The van der Waals surface area contributed by atoms with Crippen molar-refractivity contribution in [3.05, 3.63) is 44.2 Å². The fourth-order valence-corrected chi connectivity index (χ4v) is 7.42. The number of hydrogen-bond donors (Lipinski definition) is 6. The van der Waals surface area contributed by atoms with Crippen LogP contribution in [-0.4, -0.2) is 121 Å². The third-order valence-electron chi connectivity index (χ3n) is 11.0. The monoisotopic (exact) mass is 806 g/mol. The summed E-state index contributed by atoms with van der Waals surface area (Å²) in [4.78, 5) is 36.7. The lowest BCUT2D eigenvalue weighted by atomic mass is 9.87. The topological polar surface area (TPSA) is 291 Å². The summed E-state index contributed by atoms with van der Waals surface area (Å²) in [5, 5.41) is 38.7. The van der Waals surface area contributed by atoms with Crippen molar-refractivity contribution < 1.29 is 34.6 Å². The summed E-state index contributed by atoms with van der Waals surface area (Å²) in [6.07, 6.45) is 25.8. The summed E-state index contributed by atoms with van der Waals surface area (Å²) in [6, 6.07) is 0. The third-order valence-corrected chi connectivity index (χ3v) is 11.0. The predicted molar refractivity (Wildman–Crippen MR) is 209 cm³/mol. The van der Waals surface area contributed by atoms with Crippen molar-refractivity contribution >= 4 is 45.1 Å². The first-order chi connectivity index (χ1) is 28.4. The molecule has 21 nitrogen and oxygen atoms in total. The Balaban J connectivity index is 0.000000134. The largest absolute Gasteiger partial charge is 0.392 e. The van der Waals surface area contributed by atoms with Gasteiger partial charge in [-0.2, -0.15) is 0 Å². The van der Waals surface area contributed by atoms with Gasteiger partial charge in [-0.1, -0.05) is 31.6 Å². The summed E-state index contributed by atoms with van der Waals surface area (Å²) in [5.74, 6) is 8.37. The van der Waals surface area contributed by atoms with Crippen molar-refractivity contribution in [1.29, 1.82) is 0 Å². The molecule has 0 aromatic carbocycles. The van der Waals surface area contributed by atoms with Crippen LogP contribution in [0.3, 0.4) is 0 Å². The molecule has 0 amide bonds. The molecule has 6 aromatic rings. The predicted octanol–water partition coefficient (Wildman–Crippen LogP) is 0.269. The SMILES string of the molecule is C#C[C@]1(CC)O[C@@H](n2cnc3c(N)ncnc32)CC1C.C#C[C@]1(CO)O[C@@H](n2cnc3c(N)ncnc32)CC1O.C#C[C@]1(CO)O[C@@H](n2cnc3cncnc32)CC1O. The number of terminal acetylenes is 3. The van der Waals surface area contributed by atoms with Crippen LogP contribution < -0.4 is 11.5 Å². The second-order valence-corrected chi connectivity index (χ2v) is 14.2. The van der Waals surface area contributed by atoms with E-state index in [0.29, 0.717) is 39.3 Å². The summed E-state index contributed by atoms with van der Waals surface area (Å²) in [7, 11) is 0. The molecule has 3 aliphatic heterocycles. The third kappa shape index (κ3) is 7.02. The zero-order chi connectivity index (χ0) is 42.1. The Morgan fingerprint density at radius 3 is 1.54 bits per heavy atom. The molecule has 3 unspecified atom stereocenters. The van der Waals surface area contributed by atoms with Gasteiger partial charge in [0.15, 0.2) is 39.8 Å². The van der Waals surface area contributed by atoms with Crippen molar-refractivity contribution in [2.24, 2.45) is 5.92 Å². The van der Waals surface area contributed by atoms with Gasteiger partial charge in [-0.25, -0.2) is 44.9 Å². The van der Waals surface area contributed by atoms with Crippen LogP contribution in [0.15, 0.2) is 44.2 Å². The summed E-state index contributed by atoms with van der Waals surface area (Å²) in [6.45, 7) is 3.25. The van der Waals surface area contributed by atoms with E-state index in [1.807, 2.05) is 11.5 Å². The number of aliphatic hydroxyl groups excluding tert-OH is 4. The Labute approximate surface area is 336 Å². The van der Waals surface area contributed by atoms with E-state index < -0.39 is 54.7 Å². The lowest BCUT2D eigenvalue weighted by Crippen LogP contribution is -2.41. The molecular weight excluding hydrogens is 765 g/mol. The number of hydrogen-bond acceptors (Lipinski definition) is 18. The van der Waals surface area contributed by atoms with Gasteiger partial charge < -0.3 is 46.1 Å². The van der Waals surface area contributed by atoms with Crippen LogP contribution in [0.2, 0.25) is 0 Å². The van der Waals surface area contributed by atoms with Crippen LogP contribution in [-0.2, 0) is 14.2 Å². The number of nitrogen functional groups attached to an aromatic ring is 2. The molecule has 0 aliphatic carbocycles. The molecule has 6 aromatic heterocycles. The maximum atomic E-state index is 10.0. The van der Waals surface area contributed by atoms with E-state index in [1.54, 1.807) is 28.0 Å². The van der Waals surface area contributed by atoms with Crippen molar-refractivity contribution in [2.75, 3.05) is 24.7 Å². The lowest BCUT2D eigenvalue weighted by molar-refractivity contribution is -0.0891. The van der Waals surface area contributed by atoms with E-state index in [4.69, 9.17) is 44.9 Å². The fraction of sp³-hybridized carbons (Fsp3) is 0.447.